The number of carbonyl (C=O) groups is 1. The molecule has 1 aromatic heterocycles. The minimum absolute atomic E-state index is 0.0791. The number of hydrogen-bond acceptors (Lipinski definition) is 5. The van der Waals surface area contributed by atoms with Crippen LogP contribution in [0, 0.1) is 0 Å². The van der Waals surface area contributed by atoms with Gasteiger partial charge in [0.25, 0.3) is 0 Å². The van der Waals surface area contributed by atoms with E-state index in [1.54, 1.807) is 16.8 Å². The number of hydrogen-bond donors (Lipinski definition) is 1. The van der Waals surface area contributed by atoms with Gasteiger partial charge in [0.2, 0.25) is 11.1 Å². The molecule has 0 aliphatic carbocycles. The zero-order chi connectivity index (χ0) is 18.4. The van der Waals surface area contributed by atoms with Gasteiger partial charge in [0.05, 0.1) is 11.4 Å². The number of aromatic nitrogens is 4. The third-order valence-corrected chi connectivity index (χ3v) is 4.88. The Bertz CT molecular complexity index is 885. The highest BCUT2D eigenvalue weighted by molar-refractivity contribution is 7.99. The van der Waals surface area contributed by atoms with Crippen LogP contribution in [0.5, 0.6) is 0 Å². The lowest BCUT2D eigenvalue weighted by Gasteiger charge is -2.06. The molecule has 3 rings (SSSR count). The first-order valence-electron chi connectivity index (χ1n) is 7.80. The van der Waals surface area contributed by atoms with Crippen LogP contribution in [-0.4, -0.2) is 38.4 Å². The number of amides is 1. The van der Waals surface area contributed by atoms with Crippen molar-refractivity contribution in [3.05, 3.63) is 64.1 Å². The second-order valence-electron chi connectivity index (χ2n) is 5.37. The van der Waals surface area contributed by atoms with Crippen molar-refractivity contribution < 1.29 is 4.79 Å². The van der Waals surface area contributed by atoms with Gasteiger partial charge in [-0.1, -0.05) is 53.2 Å². The average molecular weight is 408 g/mol. The van der Waals surface area contributed by atoms with Crippen LogP contribution >= 0.6 is 35.0 Å². The third kappa shape index (κ3) is 5.20. The van der Waals surface area contributed by atoms with Crippen molar-refractivity contribution in [3.8, 4) is 5.69 Å². The summed E-state index contributed by atoms with van der Waals surface area (Å²) in [5, 5.41) is 16.3. The van der Waals surface area contributed by atoms with Crippen LogP contribution in [0.1, 0.15) is 5.56 Å². The van der Waals surface area contributed by atoms with Gasteiger partial charge in [0.1, 0.15) is 0 Å². The number of benzene rings is 2. The molecule has 0 unspecified atom stereocenters. The smallest absolute Gasteiger partial charge is 0.230 e. The Hall–Kier alpha value is -2.09. The average Bonchev–Trinajstić information content (AvgIpc) is 3.10. The second kappa shape index (κ2) is 9.02. The van der Waals surface area contributed by atoms with Gasteiger partial charge < -0.3 is 5.32 Å². The summed E-state index contributed by atoms with van der Waals surface area (Å²) < 4.78 is 1.55. The number of halogens is 2. The molecule has 6 nitrogen and oxygen atoms in total. The Labute approximate surface area is 164 Å². The van der Waals surface area contributed by atoms with Crippen molar-refractivity contribution in [1.82, 2.24) is 25.5 Å². The van der Waals surface area contributed by atoms with Crippen LogP contribution in [-0.2, 0) is 11.2 Å². The molecule has 3 aromatic rings. The normalized spacial score (nSPS) is 10.7. The lowest BCUT2D eigenvalue weighted by Crippen LogP contribution is -2.27. The van der Waals surface area contributed by atoms with Crippen molar-refractivity contribution in [2.75, 3.05) is 12.3 Å². The van der Waals surface area contributed by atoms with Crippen LogP contribution in [0.3, 0.4) is 0 Å². The number of nitrogens with zero attached hydrogens (tertiary/aromatic N) is 4. The van der Waals surface area contributed by atoms with Crippen molar-refractivity contribution in [3.63, 3.8) is 0 Å². The Kier molecular flexibility index (Phi) is 6.49. The molecule has 134 valence electrons. The molecule has 0 saturated heterocycles. The van der Waals surface area contributed by atoms with E-state index in [1.165, 1.54) is 11.8 Å². The molecule has 0 aliphatic heterocycles. The largest absolute Gasteiger partial charge is 0.355 e. The molecular formula is C17H15Cl2N5OS. The van der Waals surface area contributed by atoms with Gasteiger partial charge >= 0.3 is 0 Å². The van der Waals surface area contributed by atoms with Crippen molar-refractivity contribution in [2.24, 2.45) is 0 Å². The van der Waals surface area contributed by atoms with Crippen LogP contribution in [0.2, 0.25) is 10.0 Å². The molecule has 0 fully saturated rings. The number of thioether (sulfide) groups is 1. The fourth-order valence-electron chi connectivity index (χ4n) is 2.22. The summed E-state index contributed by atoms with van der Waals surface area (Å²) in [6, 6.07) is 14.8. The first-order chi connectivity index (χ1) is 12.6. The van der Waals surface area contributed by atoms with E-state index < -0.39 is 0 Å². The van der Waals surface area contributed by atoms with E-state index in [1.807, 2.05) is 36.4 Å². The van der Waals surface area contributed by atoms with Crippen LogP contribution in [0.15, 0.2) is 53.7 Å². The fraction of sp³-hybridized carbons (Fsp3) is 0.176. The summed E-state index contributed by atoms with van der Waals surface area (Å²) in [4.78, 5) is 12.0. The molecule has 1 N–H and O–H groups in total. The van der Waals surface area contributed by atoms with Gasteiger partial charge in [-0.2, -0.15) is 4.68 Å². The molecule has 0 radical (unpaired) electrons. The van der Waals surface area contributed by atoms with E-state index >= 15 is 0 Å². The molecule has 0 bridgehead atoms. The monoisotopic (exact) mass is 407 g/mol. The second-order valence-corrected chi connectivity index (χ2v) is 7.18. The molecule has 2 aromatic carbocycles. The van der Waals surface area contributed by atoms with Crippen LogP contribution in [0.25, 0.3) is 5.69 Å². The van der Waals surface area contributed by atoms with E-state index in [9.17, 15) is 4.79 Å². The maximum atomic E-state index is 12.0. The summed E-state index contributed by atoms with van der Waals surface area (Å²) in [7, 11) is 0. The highest BCUT2D eigenvalue weighted by atomic mass is 35.5. The van der Waals surface area contributed by atoms with E-state index in [-0.39, 0.29) is 11.7 Å². The van der Waals surface area contributed by atoms with Gasteiger partial charge in [0, 0.05) is 16.6 Å². The molecule has 0 aliphatic rings. The van der Waals surface area contributed by atoms with Crippen LogP contribution < -0.4 is 5.32 Å². The first kappa shape index (κ1) is 18.7. The molecular weight excluding hydrogens is 393 g/mol. The van der Waals surface area contributed by atoms with Gasteiger partial charge in [-0.05, 0) is 52.7 Å². The van der Waals surface area contributed by atoms with Gasteiger partial charge in [-0.3, -0.25) is 4.79 Å². The minimum atomic E-state index is -0.0791. The van der Waals surface area contributed by atoms with E-state index in [0.29, 0.717) is 21.7 Å². The van der Waals surface area contributed by atoms with Crippen molar-refractivity contribution >= 4 is 40.9 Å². The lowest BCUT2D eigenvalue weighted by atomic mass is 10.1. The number of nitrogens with one attached hydrogen (secondary N) is 1. The molecule has 1 amide bonds. The minimum Gasteiger partial charge on any atom is -0.355 e. The number of tetrazole rings is 1. The van der Waals surface area contributed by atoms with Gasteiger partial charge in [-0.15, -0.1) is 5.10 Å². The summed E-state index contributed by atoms with van der Waals surface area (Å²) in [5.41, 5.74) is 1.86. The maximum absolute atomic E-state index is 12.0. The highest BCUT2D eigenvalue weighted by Gasteiger charge is 2.11. The van der Waals surface area contributed by atoms with E-state index in [4.69, 9.17) is 23.2 Å². The zero-order valence-corrected chi connectivity index (χ0v) is 15.9. The molecule has 0 atom stereocenters. The highest BCUT2D eigenvalue weighted by Crippen LogP contribution is 2.20. The first-order valence-corrected chi connectivity index (χ1v) is 9.54. The van der Waals surface area contributed by atoms with E-state index in [0.717, 1.165) is 17.7 Å². The Morgan fingerprint density at radius 2 is 1.92 bits per heavy atom. The summed E-state index contributed by atoms with van der Waals surface area (Å²) in [5.74, 6) is 0.145. The summed E-state index contributed by atoms with van der Waals surface area (Å²) in [6.07, 6.45) is 0.744. The fourth-order valence-corrected chi connectivity index (χ4v) is 3.25. The Balaban J connectivity index is 1.49. The molecule has 0 saturated carbocycles. The van der Waals surface area contributed by atoms with Gasteiger partial charge in [-0.25, -0.2) is 0 Å². The lowest BCUT2D eigenvalue weighted by molar-refractivity contribution is -0.118. The quantitative estimate of drug-likeness (QED) is 0.607. The molecule has 0 spiro atoms. The van der Waals surface area contributed by atoms with Crippen molar-refractivity contribution in [1.29, 1.82) is 0 Å². The zero-order valence-electron chi connectivity index (χ0n) is 13.6. The van der Waals surface area contributed by atoms with Crippen molar-refractivity contribution in [2.45, 2.75) is 11.6 Å². The molecule has 1 heterocycles. The predicted octanol–water partition coefficient (Wildman–Crippen LogP) is 3.42. The number of carbonyl (C=O) groups excluding carboxylic acids is 1. The predicted molar refractivity (Wildman–Crippen MR) is 103 cm³/mol. The topological polar surface area (TPSA) is 72.7 Å². The van der Waals surface area contributed by atoms with E-state index in [2.05, 4.69) is 20.8 Å². The number of rotatable bonds is 7. The standard InChI is InChI=1S/C17H15Cl2N5OS/c18-13-6-4-12(5-7-13)8-9-20-16(25)11-26-17-21-22-23-24(17)15-3-1-2-14(19)10-15/h1-7,10H,8-9,11H2,(H,20,25). The van der Waals surface area contributed by atoms with Gasteiger partial charge in [0.15, 0.2) is 0 Å². The Morgan fingerprint density at radius 3 is 2.69 bits per heavy atom. The maximum Gasteiger partial charge on any atom is 0.230 e. The molecule has 9 heteroatoms. The summed E-state index contributed by atoms with van der Waals surface area (Å²) in [6.45, 7) is 0.556. The molecule has 26 heavy (non-hydrogen) atoms. The Morgan fingerprint density at radius 1 is 1.12 bits per heavy atom. The van der Waals surface area contributed by atoms with Crippen LogP contribution in [0.4, 0.5) is 0 Å². The SMILES string of the molecule is O=C(CSc1nnnn1-c1cccc(Cl)c1)NCCc1ccc(Cl)cc1. The third-order valence-electron chi connectivity index (χ3n) is 3.48. The summed E-state index contributed by atoms with van der Waals surface area (Å²) >= 11 is 13.1.